The molecule has 2 rings (SSSR count). The molecule has 1 aromatic heterocycles. The maximum absolute atomic E-state index is 12.1. The van der Waals surface area contributed by atoms with Crippen molar-refractivity contribution in [2.45, 2.75) is 26.2 Å². The Kier molecular flexibility index (Phi) is 11.6. The van der Waals surface area contributed by atoms with E-state index in [0.717, 1.165) is 25.0 Å². The van der Waals surface area contributed by atoms with E-state index in [9.17, 15) is 4.79 Å². The molecule has 0 fully saturated rings. The average Bonchev–Trinajstić information content (AvgIpc) is 2.69. The quantitative estimate of drug-likeness (QED) is 0.175. The Hall–Kier alpha value is -1.97. The van der Waals surface area contributed by atoms with Crippen LogP contribution < -0.4 is 27.3 Å². The van der Waals surface area contributed by atoms with Crippen molar-refractivity contribution in [1.82, 2.24) is 15.3 Å². The summed E-state index contributed by atoms with van der Waals surface area (Å²) in [4.78, 5) is 23.8. The van der Waals surface area contributed by atoms with E-state index in [-0.39, 0.29) is 61.2 Å². The van der Waals surface area contributed by atoms with Crippen LogP contribution >= 0.6 is 11.6 Å². The van der Waals surface area contributed by atoms with Crippen LogP contribution in [0.2, 0.25) is 5.15 Å². The fourth-order valence-corrected chi connectivity index (χ4v) is 2.52. The number of amides is 1. The molecular weight excluding hydrogens is 483 g/mol. The Morgan fingerprint density at radius 1 is 1.20 bits per heavy atom. The van der Waals surface area contributed by atoms with Crippen molar-refractivity contribution in [3.8, 4) is 5.75 Å². The number of aryl methyl sites for hydroxylation is 1. The molecule has 0 atom stereocenters. The van der Waals surface area contributed by atoms with Crippen molar-refractivity contribution in [3.05, 3.63) is 47.1 Å². The van der Waals surface area contributed by atoms with E-state index in [4.69, 9.17) is 33.5 Å². The molecule has 0 aliphatic heterocycles. The number of nitrogens with zero attached hydrogens (tertiary/aromatic N) is 3. The normalized spacial score (nSPS) is 10.9. The zero-order valence-corrected chi connectivity index (χ0v) is 20.4. The first-order valence-corrected chi connectivity index (χ1v) is 9.47. The number of anilines is 2. The van der Waals surface area contributed by atoms with E-state index in [1.54, 1.807) is 0 Å². The molecule has 30 heavy (non-hydrogen) atoms. The third-order valence-corrected chi connectivity index (χ3v) is 4.14. The second-order valence-corrected chi connectivity index (χ2v) is 6.53. The number of aliphatic imine (C=N–C) groups is 1. The molecule has 0 aliphatic carbocycles. The minimum atomic E-state index is -0.652. The first kappa shape index (κ1) is 26.1. The zero-order chi connectivity index (χ0) is 21.2. The van der Waals surface area contributed by atoms with Gasteiger partial charge in [0.2, 0.25) is 0 Å². The molecule has 0 saturated carbocycles. The Morgan fingerprint density at radius 3 is 2.57 bits per heavy atom. The van der Waals surface area contributed by atoms with Crippen LogP contribution in [0.4, 0.5) is 11.6 Å². The molecule has 0 bridgehead atoms. The molecule has 1 amide bonds. The van der Waals surface area contributed by atoms with Gasteiger partial charge in [-0.3, -0.25) is 21.5 Å². The van der Waals surface area contributed by atoms with Crippen LogP contribution in [-0.2, 0) is 39.1 Å². The summed E-state index contributed by atoms with van der Waals surface area (Å²) in [6.45, 7) is 3.02. The number of benzene rings is 1. The van der Waals surface area contributed by atoms with E-state index in [1.165, 1.54) is 5.56 Å². The van der Waals surface area contributed by atoms with E-state index in [0.29, 0.717) is 13.2 Å². The number of rotatable bonds is 9. The number of ether oxygens (including phenoxy) is 1. The molecule has 0 spiro atoms. The van der Waals surface area contributed by atoms with Gasteiger partial charge in [-0.05, 0) is 43.6 Å². The fourth-order valence-electron chi connectivity index (χ4n) is 2.40. The van der Waals surface area contributed by atoms with Crippen LogP contribution in [0.3, 0.4) is 0 Å². The number of unbranched alkanes of at least 4 members (excludes halogenated alkanes) is 1. The summed E-state index contributed by atoms with van der Waals surface area (Å²) < 4.78 is 5.51. The molecule has 1 aromatic carbocycles. The van der Waals surface area contributed by atoms with Gasteiger partial charge in [-0.15, -0.1) is 0 Å². The van der Waals surface area contributed by atoms with Gasteiger partial charge in [0.25, 0.3) is 5.91 Å². The van der Waals surface area contributed by atoms with Gasteiger partial charge in [-0.1, -0.05) is 23.7 Å². The summed E-state index contributed by atoms with van der Waals surface area (Å²) >= 11 is 5.76. The summed E-state index contributed by atoms with van der Waals surface area (Å²) in [6.07, 6.45) is 4.61. The third kappa shape index (κ3) is 8.41. The number of hydrogen-bond donors (Lipinski definition) is 4. The maximum atomic E-state index is 12.1. The van der Waals surface area contributed by atoms with E-state index in [2.05, 4.69) is 20.3 Å². The monoisotopic (exact) mass is 507 g/mol. The number of nitrogens with one attached hydrogen (secondary N) is 1. The number of nitrogen functional groups attached to an aromatic ring is 2. The molecule has 0 aliphatic rings. The Bertz CT molecular complexity index is 863. The molecule has 156 valence electrons. The van der Waals surface area contributed by atoms with Crippen LogP contribution in [0, 0.1) is 6.42 Å². The minimum Gasteiger partial charge on any atom is -0.525 e. The predicted molar refractivity (Wildman–Crippen MR) is 115 cm³/mol. The Labute approximate surface area is 206 Å². The first-order valence-electron chi connectivity index (χ1n) is 9.10. The van der Waals surface area contributed by atoms with Gasteiger partial charge in [0.15, 0.2) is 28.4 Å². The summed E-state index contributed by atoms with van der Waals surface area (Å²) in [6, 6.07) is 8.02. The molecule has 2 aromatic rings. The van der Waals surface area contributed by atoms with Gasteiger partial charge in [-0.25, -0.2) is 9.97 Å². The van der Waals surface area contributed by atoms with Gasteiger partial charge < -0.3 is 21.9 Å². The maximum Gasteiger partial charge on any atom is 3.00 e. The number of halogens is 1. The van der Waals surface area contributed by atoms with Crippen LogP contribution in [-0.4, -0.2) is 35.0 Å². The van der Waals surface area contributed by atoms with E-state index in [1.807, 2.05) is 37.6 Å². The van der Waals surface area contributed by atoms with Crippen LogP contribution in [0.5, 0.6) is 5.75 Å². The molecule has 11 heteroatoms. The van der Waals surface area contributed by atoms with Crippen molar-refractivity contribution >= 4 is 35.1 Å². The first-order chi connectivity index (χ1) is 13.9. The Balaban J connectivity index is 0.00000450. The number of guanidine groups is 1. The summed E-state index contributed by atoms with van der Waals surface area (Å²) in [7, 11) is 0. The number of aromatic nitrogens is 2. The van der Waals surface area contributed by atoms with E-state index < -0.39 is 5.91 Å². The number of hydrogen-bond acceptors (Lipinski definition) is 7. The molecule has 1 heterocycles. The van der Waals surface area contributed by atoms with Crippen LogP contribution in [0.15, 0.2) is 29.3 Å². The van der Waals surface area contributed by atoms with Crippen LogP contribution in [0.25, 0.3) is 0 Å². The zero-order valence-electron chi connectivity index (χ0n) is 16.8. The smallest absolute Gasteiger partial charge is 0.525 e. The number of carbonyl (C=O) groups excluding carboxylic acids is 1. The molecule has 7 N–H and O–H groups in total. The summed E-state index contributed by atoms with van der Waals surface area (Å²) in [5.74, 6) is -0.0161. The largest absolute Gasteiger partial charge is 3.00 e. The topological polar surface area (TPSA) is 155 Å². The van der Waals surface area contributed by atoms with Gasteiger partial charge in [-0.2, -0.15) is 6.92 Å². The van der Waals surface area contributed by atoms with Gasteiger partial charge in [0, 0.05) is 6.54 Å². The third-order valence-electron chi connectivity index (χ3n) is 3.86. The summed E-state index contributed by atoms with van der Waals surface area (Å²) in [5.41, 5.74) is 17.9. The SMILES string of the molecule is C[CH-]COc1ccc(CCCCN=C(N)NC(=O)c2nc(Cl)c(N)nc2N)cc1.[Y+3]. The predicted octanol–water partition coefficient (Wildman–Crippen LogP) is 1.96. The van der Waals surface area contributed by atoms with Gasteiger partial charge >= 0.3 is 32.7 Å². The molecule has 0 saturated heterocycles. The number of carbonyl (C=O) groups is 1. The second-order valence-electron chi connectivity index (χ2n) is 6.17. The van der Waals surface area contributed by atoms with Crippen molar-refractivity contribution in [1.29, 1.82) is 0 Å². The van der Waals surface area contributed by atoms with Crippen LogP contribution in [0.1, 0.15) is 35.8 Å². The van der Waals surface area contributed by atoms with Crippen molar-refractivity contribution in [2.24, 2.45) is 10.7 Å². The molecule has 0 unspecified atom stereocenters. The average molecular weight is 508 g/mol. The standard InChI is InChI=1S/C19H25ClN7O2.Y/c1-2-11-29-13-8-6-12(7-9-13)5-3-4-10-24-19(23)27-18(28)14-16(21)26-17(22)15(20)25-14;/h2,6-9H,3-5,10-11H2,1H3,(H4,21,22,26)(H3,23,24,27,28);/q-1;+3. The van der Waals surface area contributed by atoms with Gasteiger partial charge in [0.05, 0.1) is 0 Å². The molecule has 9 nitrogen and oxygen atoms in total. The molecule has 0 radical (unpaired) electrons. The summed E-state index contributed by atoms with van der Waals surface area (Å²) in [5, 5.41) is 2.30. The minimum absolute atomic E-state index is 0. The van der Waals surface area contributed by atoms with Crippen molar-refractivity contribution in [2.75, 3.05) is 24.6 Å². The number of nitrogens with two attached hydrogens (primary N) is 3. The van der Waals surface area contributed by atoms with Crippen molar-refractivity contribution in [3.63, 3.8) is 0 Å². The van der Waals surface area contributed by atoms with E-state index >= 15 is 0 Å². The van der Waals surface area contributed by atoms with Crippen molar-refractivity contribution < 1.29 is 42.2 Å². The Morgan fingerprint density at radius 2 is 1.90 bits per heavy atom. The fraction of sp³-hybridized carbons (Fsp3) is 0.316. The second kappa shape index (κ2) is 13.4. The van der Waals surface area contributed by atoms with Gasteiger partial charge in [0.1, 0.15) is 5.75 Å². The molecular formula is C19H25ClN7O2Y+2.